The van der Waals surface area contributed by atoms with Crippen molar-refractivity contribution in [3.8, 4) is 0 Å². The summed E-state index contributed by atoms with van der Waals surface area (Å²) in [5.41, 5.74) is -0.336. The zero-order valence-electron chi connectivity index (χ0n) is 14.4. The minimum Gasteiger partial charge on any atom is -0.350 e. The van der Waals surface area contributed by atoms with E-state index in [1.54, 1.807) is 12.1 Å². The van der Waals surface area contributed by atoms with E-state index < -0.39 is 17.6 Å². The molecule has 0 aliphatic rings. The van der Waals surface area contributed by atoms with Crippen molar-refractivity contribution in [1.29, 1.82) is 0 Å². The Morgan fingerprint density at radius 2 is 1.62 bits per heavy atom. The van der Waals surface area contributed by atoms with Gasteiger partial charge in [-0.1, -0.05) is 19.1 Å². The number of hydrogen-bond acceptors (Lipinski definition) is 2. The van der Waals surface area contributed by atoms with Crippen LogP contribution in [0.3, 0.4) is 0 Å². The van der Waals surface area contributed by atoms with E-state index >= 15 is 0 Å². The van der Waals surface area contributed by atoms with E-state index in [-0.39, 0.29) is 23.2 Å². The molecule has 0 aliphatic heterocycles. The summed E-state index contributed by atoms with van der Waals surface area (Å²) in [6, 6.07) is 10.4. The second kappa shape index (κ2) is 8.03. The van der Waals surface area contributed by atoms with E-state index in [1.807, 2.05) is 13.8 Å². The Kier molecular flexibility index (Phi) is 6.02. The van der Waals surface area contributed by atoms with E-state index in [0.717, 1.165) is 18.6 Å². The van der Waals surface area contributed by atoms with Crippen molar-refractivity contribution in [1.82, 2.24) is 5.32 Å². The van der Waals surface area contributed by atoms with Crippen molar-refractivity contribution in [2.45, 2.75) is 32.5 Å². The summed E-state index contributed by atoms with van der Waals surface area (Å²) in [6.45, 7) is 3.80. The first-order chi connectivity index (χ1) is 12.2. The quantitative estimate of drug-likeness (QED) is 0.821. The molecule has 2 aromatic rings. The number of hydrogen-bond donors (Lipinski definition) is 2. The van der Waals surface area contributed by atoms with Gasteiger partial charge in [0.15, 0.2) is 0 Å². The molecule has 7 heteroatoms. The van der Waals surface area contributed by atoms with Gasteiger partial charge in [-0.3, -0.25) is 9.59 Å². The van der Waals surface area contributed by atoms with E-state index in [0.29, 0.717) is 5.56 Å². The zero-order valence-corrected chi connectivity index (χ0v) is 14.4. The van der Waals surface area contributed by atoms with Gasteiger partial charge in [-0.25, -0.2) is 0 Å². The van der Waals surface area contributed by atoms with Crippen molar-refractivity contribution in [3.63, 3.8) is 0 Å². The van der Waals surface area contributed by atoms with Crippen molar-refractivity contribution >= 4 is 17.5 Å². The molecule has 0 saturated heterocycles. The minimum absolute atomic E-state index is 0.00918. The van der Waals surface area contributed by atoms with Crippen molar-refractivity contribution in [2.24, 2.45) is 0 Å². The lowest BCUT2D eigenvalue weighted by molar-refractivity contribution is -0.137. The highest BCUT2D eigenvalue weighted by Gasteiger charge is 2.30. The van der Waals surface area contributed by atoms with Crippen LogP contribution in [0.25, 0.3) is 0 Å². The first kappa shape index (κ1) is 19.5. The molecular weight excluding hydrogens is 345 g/mol. The topological polar surface area (TPSA) is 58.2 Å². The predicted octanol–water partition coefficient (Wildman–Crippen LogP) is 4.49. The lowest BCUT2D eigenvalue weighted by Gasteiger charge is -2.12. The highest BCUT2D eigenvalue weighted by molar-refractivity contribution is 6.06. The second-order valence-corrected chi connectivity index (χ2v) is 5.90. The van der Waals surface area contributed by atoms with Crippen LogP contribution >= 0.6 is 0 Å². The number of benzene rings is 2. The summed E-state index contributed by atoms with van der Waals surface area (Å²) in [5, 5.41) is 5.21. The van der Waals surface area contributed by atoms with Crippen LogP contribution in [0, 0.1) is 0 Å². The van der Waals surface area contributed by atoms with Gasteiger partial charge in [0, 0.05) is 22.9 Å². The summed E-state index contributed by atoms with van der Waals surface area (Å²) in [7, 11) is 0. The largest absolute Gasteiger partial charge is 0.416 e. The van der Waals surface area contributed by atoms with Gasteiger partial charge in [-0.2, -0.15) is 13.2 Å². The first-order valence-corrected chi connectivity index (χ1v) is 8.10. The Hall–Kier alpha value is -2.83. The molecule has 0 aromatic heterocycles. The summed E-state index contributed by atoms with van der Waals surface area (Å²) in [4.78, 5) is 24.4. The third-order valence-electron chi connectivity index (χ3n) is 3.82. The molecule has 0 aliphatic carbocycles. The number of halogens is 3. The minimum atomic E-state index is -4.49. The molecule has 2 rings (SSSR count). The van der Waals surface area contributed by atoms with Gasteiger partial charge in [-0.05, 0) is 49.7 Å². The van der Waals surface area contributed by atoms with E-state index in [4.69, 9.17) is 0 Å². The average Bonchev–Trinajstić information content (AvgIpc) is 2.61. The number of alkyl halides is 3. The van der Waals surface area contributed by atoms with Gasteiger partial charge in [0.2, 0.25) is 0 Å². The van der Waals surface area contributed by atoms with Crippen LogP contribution in [0.4, 0.5) is 18.9 Å². The molecule has 0 saturated carbocycles. The number of rotatable bonds is 5. The number of anilines is 1. The van der Waals surface area contributed by atoms with Gasteiger partial charge in [0.1, 0.15) is 0 Å². The maximum absolute atomic E-state index is 12.7. The first-order valence-electron chi connectivity index (χ1n) is 8.10. The third kappa shape index (κ3) is 5.08. The van der Waals surface area contributed by atoms with Gasteiger partial charge >= 0.3 is 6.18 Å². The van der Waals surface area contributed by atoms with Crippen molar-refractivity contribution in [2.75, 3.05) is 5.32 Å². The molecule has 2 N–H and O–H groups in total. The fourth-order valence-electron chi connectivity index (χ4n) is 2.19. The van der Waals surface area contributed by atoms with Crippen LogP contribution in [0.2, 0.25) is 0 Å². The average molecular weight is 364 g/mol. The van der Waals surface area contributed by atoms with Gasteiger partial charge in [0.05, 0.1) is 5.56 Å². The van der Waals surface area contributed by atoms with E-state index in [1.165, 1.54) is 24.3 Å². The second-order valence-electron chi connectivity index (χ2n) is 5.90. The number of amides is 2. The number of nitrogens with one attached hydrogen (secondary N) is 2. The molecule has 0 heterocycles. The highest BCUT2D eigenvalue weighted by Crippen LogP contribution is 2.30. The predicted molar refractivity (Wildman–Crippen MR) is 93.1 cm³/mol. The monoisotopic (exact) mass is 364 g/mol. The molecule has 2 aromatic carbocycles. The smallest absolute Gasteiger partial charge is 0.350 e. The summed E-state index contributed by atoms with van der Waals surface area (Å²) in [5.74, 6) is -0.907. The SMILES string of the molecule is CCC(C)NC(=O)c1cccc(C(=O)Nc2cccc(C(F)(F)F)c2)c1. The van der Waals surface area contributed by atoms with E-state index in [9.17, 15) is 22.8 Å². The Bertz CT molecular complexity index is 803. The summed E-state index contributed by atoms with van der Waals surface area (Å²) >= 11 is 0. The summed E-state index contributed by atoms with van der Waals surface area (Å²) < 4.78 is 38.2. The molecule has 0 fully saturated rings. The van der Waals surface area contributed by atoms with Gasteiger partial charge < -0.3 is 10.6 Å². The lowest BCUT2D eigenvalue weighted by atomic mass is 10.1. The van der Waals surface area contributed by atoms with Gasteiger partial charge in [0.25, 0.3) is 11.8 Å². The summed E-state index contributed by atoms with van der Waals surface area (Å²) in [6.07, 6.45) is -3.73. The number of carbonyl (C=O) groups is 2. The Morgan fingerprint density at radius 3 is 2.23 bits per heavy atom. The molecule has 0 bridgehead atoms. The van der Waals surface area contributed by atoms with Crippen molar-refractivity contribution < 1.29 is 22.8 Å². The molecule has 138 valence electrons. The lowest BCUT2D eigenvalue weighted by Crippen LogP contribution is -2.32. The molecule has 4 nitrogen and oxygen atoms in total. The van der Waals surface area contributed by atoms with Crippen LogP contribution in [0.1, 0.15) is 46.5 Å². The molecule has 0 radical (unpaired) electrons. The molecule has 1 atom stereocenters. The number of carbonyl (C=O) groups excluding carboxylic acids is 2. The van der Waals surface area contributed by atoms with Crippen LogP contribution in [0.15, 0.2) is 48.5 Å². The maximum Gasteiger partial charge on any atom is 0.416 e. The highest BCUT2D eigenvalue weighted by atomic mass is 19.4. The van der Waals surface area contributed by atoms with Crippen LogP contribution < -0.4 is 10.6 Å². The normalized spacial score (nSPS) is 12.3. The third-order valence-corrected chi connectivity index (χ3v) is 3.82. The standard InChI is InChI=1S/C19H19F3N2O2/c1-3-12(2)23-17(25)13-6-4-7-14(10-13)18(26)24-16-9-5-8-15(11-16)19(20,21)22/h4-12H,3H2,1-2H3,(H,23,25)(H,24,26). The van der Waals surface area contributed by atoms with Crippen LogP contribution in [-0.2, 0) is 6.18 Å². The molecule has 1 unspecified atom stereocenters. The fourth-order valence-corrected chi connectivity index (χ4v) is 2.19. The van der Waals surface area contributed by atoms with Crippen LogP contribution in [-0.4, -0.2) is 17.9 Å². The Morgan fingerprint density at radius 1 is 1.00 bits per heavy atom. The molecular formula is C19H19F3N2O2. The molecule has 0 spiro atoms. The Balaban J connectivity index is 2.16. The zero-order chi connectivity index (χ0) is 19.3. The van der Waals surface area contributed by atoms with Gasteiger partial charge in [-0.15, -0.1) is 0 Å². The van der Waals surface area contributed by atoms with E-state index in [2.05, 4.69) is 10.6 Å². The molecule has 2 amide bonds. The fraction of sp³-hybridized carbons (Fsp3) is 0.263. The molecule has 26 heavy (non-hydrogen) atoms. The Labute approximate surface area is 149 Å². The van der Waals surface area contributed by atoms with Crippen LogP contribution in [0.5, 0.6) is 0 Å². The maximum atomic E-state index is 12.7. The van der Waals surface area contributed by atoms with Crippen molar-refractivity contribution in [3.05, 3.63) is 65.2 Å².